The van der Waals surface area contributed by atoms with Crippen molar-refractivity contribution in [3.05, 3.63) is 0 Å². The minimum absolute atomic E-state index is 0.150. The average molecular weight is 301 g/mol. The molecule has 0 amide bonds. The van der Waals surface area contributed by atoms with Crippen molar-refractivity contribution in [1.29, 1.82) is 0 Å². The molecule has 0 aromatic rings. The van der Waals surface area contributed by atoms with Gasteiger partial charge in [-0.15, -0.1) is 0 Å². The molecule has 0 aliphatic rings. The molecule has 0 aromatic carbocycles. The van der Waals surface area contributed by atoms with Gasteiger partial charge < -0.3 is 22.9 Å². The molecule has 0 rings (SSSR count). The molecule has 0 atom stereocenters. The van der Waals surface area contributed by atoms with Gasteiger partial charge in [-0.3, -0.25) is 0 Å². The van der Waals surface area contributed by atoms with Crippen LogP contribution in [0.2, 0.25) is 0 Å². The molecule has 4 heteroatoms. The van der Waals surface area contributed by atoms with Crippen LogP contribution >= 0.6 is 0 Å². The van der Waals surface area contributed by atoms with E-state index in [0.717, 1.165) is 32.1 Å². The van der Waals surface area contributed by atoms with Crippen LogP contribution in [0, 0.1) is 0 Å². The van der Waals surface area contributed by atoms with Gasteiger partial charge in [-0.1, -0.05) is 77.6 Å². The van der Waals surface area contributed by atoms with Gasteiger partial charge in [0.15, 0.2) is 0 Å². The summed E-state index contributed by atoms with van der Waals surface area (Å²) in [5.41, 5.74) is 23.0. The van der Waals surface area contributed by atoms with E-state index in [9.17, 15) is 0 Å². The van der Waals surface area contributed by atoms with Crippen LogP contribution in [-0.2, 0) is 0 Å². The van der Waals surface area contributed by atoms with E-state index in [1.165, 1.54) is 57.8 Å². The maximum Gasteiger partial charge on any atom is 0.0636 e. The van der Waals surface area contributed by atoms with Gasteiger partial charge in [0.25, 0.3) is 0 Å². The molecule has 0 aliphatic carbocycles. The van der Waals surface area contributed by atoms with Crippen LogP contribution in [-0.4, -0.2) is 11.8 Å². The summed E-state index contributed by atoms with van der Waals surface area (Å²) in [4.78, 5) is 0. The largest absolute Gasteiger partial charge is 0.316 e. The summed E-state index contributed by atoms with van der Waals surface area (Å²) >= 11 is 0. The molecule has 21 heavy (non-hydrogen) atoms. The van der Waals surface area contributed by atoms with Crippen molar-refractivity contribution < 1.29 is 0 Å². The third-order valence-electron chi connectivity index (χ3n) is 4.18. The Morgan fingerprint density at radius 1 is 0.667 bits per heavy atom. The fourth-order valence-electron chi connectivity index (χ4n) is 2.72. The van der Waals surface area contributed by atoms with E-state index in [-0.39, 0.29) is 6.17 Å². The summed E-state index contributed by atoms with van der Waals surface area (Å²) in [7, 11) is 0. The number of rotatable bonds is 15. The molecule has 0 spiro atoms. The van der Waals surface area contributed by atoms with E-state index < -0.39 is 5.66 Å². The van der Waals surface area contributed by atoms with Gasteiger partial charge in [0.1, 0.15) is 0 Å². The lowest BCUT2D eigenvalue weighted by atomic mass is 9.95. The summed E-state index contributed by atoms with van der Waals surface area (Å²) in [6, 6.07) is 0. The van der Waals surface area contributed by atoms with Crippen LogP contribution in [0.25, 0.3) is 0 Å². The fraction of sp³-hybridized carbons (Fsp3) is 1.00. The van der Waals surface area contributed by atoms with Crippen LogP contribution in [0.5, 0.6) is 0 Å². The molecule has 0 unspecified atom stereocenters. The minimum Gasteiger partial charge on any atom is -0.316 e. The van der Waals surface area contributed by atoms with E-state index in [2.05, 4.69) is 6.92 Å². The van der Waals surface area contributed by atoms with Gasteiger partial charge in [0, 0.05) is 0 Å². The lowest BCUT2D eigenvalue weighted by molar-refractivity contribution is 0.345. The summed E-state index contributed by atoms with van der Waals surface area (Å²) in [5, 5.41) is 0. The van der Waals surface area contributed by atoms with Crippen LogP contribution < -0.4 is 22.9 Å². The average Bonchev–Trinajstić information content (AvgIpc) is 2.41. The highest BCUT2D eigenvalue weighted by molar-refractivity contribution is 4.76. The highest BCUT2D eigenvalue weighted by Crippen LogP contribution is 2.17. The van der Waals surface area contributed by atoms with Gasteiger partial charge >= 0.3 is 0 Å². The first kappa shape index (κ1) is 20.8. The quantitative estimate of drug-likeness (QED) is 0.275. The van der Waals surface area contributed by atoms with Crippen molar-refractivity contribution in [2.75, 3.05) is 0 Å². The Labute approximate surface area is 132 Å². The van der Waals surface area contributed by atoms with Gasteiger partial charge in [-0.05, 0) is 19.3 Å². The topological polar surface area (TPSA) is 104 Å². The maximum absolute atomic E-state index is 6.18. The Bertz CT molecular complexity index is 217. The highest BCUT2D eigenvalue weighted by atomic mass is 14.9. The second kappa shape index (κ2) is 13.5. The zero-order chi connectivity index (χ0) is 16.0. The monoisotopic (exact) mass is 300 g/mol. The summed E-state index contributed by atoms with van der Waals surface area (Å²) in [6.07, 6.45) is 16.4. The molecule has 0 saturated carbocycles. The first-order valence-electron chi connectivity index (χ1n) is 9.07. The standard InChI is InChI=1S/C17H40N4/c1-2-3-4-5-8-11-14-17(20,21)15-12-9-6-7-10-13-16(18)19/h16H,2-15,18-21H2,1H3. The first-order chi connectivity index (χ1) is 9.98. The smallest absolute Gasteiger partial charge is 0.0636 e. The Morgan fingerprint density at radius 3 is 1.57 bits per heavy atom. The molecular weight excluding hydrogens is 260 g/mol. The van der Waals surface area contributed by atoms with Crippen LogP contribution in [0.15, 0.2) is 0 Å². The van der Waals surface area contributed by atoms with E-state index in [1.807, 2.05) is 0 Å². The van der Waals surface area contributed by atoms with E-state index in [1.54, 1.807) is 0 Å². The SMILES string of the molecule is CCCCCCCCC(N)(N)CCCCCCCC(N)N. The summed E-state index contributed by atoms with van der Waals surface area (Å²) in [5.74, 6) is 0. The Balaban J connectivity index is 3.38. The van der Waals surface area contributed by atoms with Crippen LogP contribution in [0.1, 0.15) is 96.8 Å². The van der Waals surface area contributed by atoms with Crippen molar-refractivity contribution in [1.82, 2.24) is 0 Å². The number of unbranched alkanes of at least 4 members (excludes halogenated alkanes) is 9. The number of hydrogen-bond acceptors (Lipinski definition) is 4. The third-order valence-corrected chi connectivity index (χ3v) is 4.18. The zero-order valence-corrected chi connectivity index (χ0v) is 14.3. The molecule has 0 radical (unpaired) electrons. The molecule has 0 aliphatic heterocycles. The second-order valence-corrected chi connectivity index (χ2v) is 6.72. The molecule has 0 bridgehead atoms. The van der Waals surface area contributed by atoms with E-state index in [0.29, 0.717) is 0 Å². The van der Waals surface area contributed by atoms with Crippen LogP contribution in [0.4, 0.5) is 0 Å². The molecule has 0 heterocycles. The molecule has 8 N–H and O–H groups in total. The first-order valence-corrected chi connectivity index (χ1v) is 9.07. The van der Waals surface area contributed by atoms with Gasteiger partial charge in [0.2, 0.25) is 0 Å². The lowest BCUT2D eigenvalue weighted by Gasteiger charge is -2.24. The van der Waals surface area contributed by atoms with Gasteiger partial charge in [-0.2, -0.15) is 0 Å². The molecule has 0 saturated heterocycles. The molecule has 0 aromatic heterocycles. The predicted octanol–water partition coefficient (Wildman–Crippen LogP) is 3.32. The third kappa shape index (κ3) is 16.0. The van der Waals surface area contributed by atoms with Crippen molar-refractivity contribution in [2.24, 2.45) is 22.9 Å². The van der Waals surface area contributed by atoms with Crippen molar-refractivity contribution in [3.63, 3.8) is 0 Å². The lowest BCUT2D eigenvalue weighted by Crippen LogP contribution is -2.49. The maximum atomic E-state index is 6.18. The zero-order valence-electron chi connectivity index (χ0n) is 14.3. The van der Waals surface area contributed by atoms with E-state index >= 15 is 0 Å². The Morgan fingerprint density at radius 2 is 1.10 bits per heavy atom. The Kier molecular flexibility index (Phi) is 13.4. The number of nitrogens with two attached hydrogens (primary N) is 4. The number of hydrogen-bond donors (Lipinski definition) is 4. The van der Waals surface area contributed by atoms with Crippen molar-refractivity contribution in [3.8, 4) is 0 Å². The van der Waals surface area contributed by atoms with Crippen LogP contribution in [0.3, 0.4) is 0 Å². The molecular formula is C17H40N4. The minimum atomic E-state index is -0.454. The normalized spacial score (nSPS) is 12.3. The second-order valence-electron chi connectivity index (χ2n) is 6.72. The molecule has 128 valence electrons. The summed E-state index contributed by atoms with van der Waals surface area (Å²) < 4.78 is 0. The summed E-state index contributed by atoms with van der Waals surface area (Å²) in [6.45, 7) is 2.25. The van der Waals surface area contributed by atoms with Gasteiger partial charge in [0.05, 0.1) is 11.8 Å². The van der Waals surface area contributed by atoms with Crippen molar-refractivity contribution in [2.45, 2.75) is 109 Å². The van der Waals surface area contributed by atoms with E-state index in [4.69, 9.17) is 22.9 Å². The predicted molar refractivity (Wildman–Crippen MR) is 93.6 cm³/mol. The van der Waals surface area contributed by atoms with Crippen molar-refractivity contribution >= 4 is 0 Å². The fourth-order valence-corrected chi connectivity index (χ4v) is 2.72. The molecule has 4 nitrogen and oxygen atoms in total. The molecule has 0 fully saturated rings. The van der Waals surface area contributed by atoms with Gasteiger partial charge in [-0.25, -0.2) is 0 Å². The highest BCUT2D eigenvalue weighted by Gasteiger charge is 2.17. The Hall–Kier alpha value is -0.160.